The Labute approximate surface area is 89.7 Å². The fourth-order valence-electron chi connectivity index (χ4n) is 1.23. The third-order valence-electron chi connectivity index (χ3n) is 1.98. The fraction of sp³-hybridized carbons (Fsp3) is 0.500. The van der Waals surface area contributed by atoms with Gasteiger partial charge in [-0.2, -0.15) is 4.98 Å². The number of anilines is 1. The predicted molar refractivity (Wildman–Crippen MR) is 59.4 cm³/mol. The van der Waals surface area contributed by atoms with Gasteiger partial charge in [0, 0.05) is 25.0 Å². The van der Waals surface area contributed by atoms with Gasteiger partial charge in [-0.25, -0.2) is 0 Å². The van der Waals surface area contributed by atoms with E-state index < -0.39 is 0 Å². The normalized spacial score (nSPS) is 9.93. The van der Waals surface area contributed by atoms with E-state index >= 15 is 0 Å². The maximum absolute atomic E-state index is 5.70. The summed E-state index contributed by atoms with van der Waals surface area (Å²) in [5, 5.41) is 0. The molecule has 1 aromatic heterocycles. The van der Waals surface area contributed by atoms with Crippen LogP contribution < -0.4 is 9.64 Å². The van der Waals surface area contributed by atoms with Crippen molar-refractivity contribution in [2.24, 2.45) is 0 Å². The van der Waals surface area contributed by atoms with Crippen LogP contribution >= 0.6 is 11.6 Å². The van der Waals surface area contributed by atoms with Gasteiger partial charge in [0.2, 0.25) is 5.88 Å². The van der Waals surface area contributed by atoms with Crippen LogP contribution in [0.25, 0.3) is 0 Å². The Morgan fingerprint density at radius 1 is 1.50 bits per heavy atom. The Morgan fingerprint density at radius 3 is 2.86 bits per heavy atom. The van der Waals surface area contributed by atoms with Gasteiger partial charge in [0.25, 0.3) is 0 Å². The molecule has 0 N–H and O–H groups in total. The Balaban J connectivity index is 2.80. The van der Waals surface area contributed by atoms with Gasteiger partial charge >= 0.3 is 0 Å². The van der Waals surface area contributed by atoms with Crippen molar-refractivity contribution in [3.8, 4) is 5.88 Å². The van der Waals surface area contributed by atoms with Gasteiger partial charge < -0.3 is 9.64 Å². The van der Waals surface area contributed by atoms with Crippen molar-refractivity contribution in [2.75, 3.05) is 31.0 Å². The minimum absolute atomic E-state index is 0.604. The Kier molecular flexibility index (Phi) is 4.53. The van der Waals surface area contributed by atoms with Crippen LogP contribution in [0.5, 0.6) is 5.88 Å². The van der Waals surface area contributed by atoms with Crippen LogP contribution in [0.2, 0.25) is 0 Å². The standard InChI is InChI=1S/C10H15ClN2O/c1-3-13(8-7-11)9-5-4-6-10(12-9)14-2/h4-6H,3,7-8H2,1-2H3. The van der Waals surface area contributed by atoms with Gasteiger partial charge in [-0.05, 0) is 13.0 Å². The molecule has 4 heteroatoms. The molecule has 0 bridgehead atoms. The average molecular weight is 215 g/mol. The molecule has 1 aromatic rings. The summed E-state index contributed by atoms with van der Waals surface area (Å²) in [6.07, 6.45) is 0. The molecule has 0 aromatic carbocycles. The number of rotatable bonds is 5. The summed E-state index contributed by atoms with van der Waals surface area (Å²) in [6, 6.07) is 5.72. The Hall–Kier alpha value is -0.960. The van der Waals surface area contributed by atoms with Crippen LogP contribution in [0, 0.1) is 0 Å². The van der Waals surface area contributed by atoms with E-state index in [2.05, 4.69) is 16.8 Å². The minimum Gasteiger partial charge on any atom is -0.481 e. The molecule has 0 saturated carbocycles. The van der Waals surface area contributed by atoms with Crippen LogP contribution in [0.15, 0.2) is 18.2 Å². The lowest BCUT2D eigenvalue weighted by Gasteiger charge is -2.20. The van der Waals surface area contributed by atoms with E-state index in [0.29, 0.717) is 11.8 Å². The molecule has 0 spiro atoms. The van der Waals surface area contributed by atoms with E-state index in [4.69, 9.17) is 16.3 Å². The maximum Gasteiger partial charge on any atom is 0.214 e. The number of ether oxygens (including phenoxy) is 1. The number of methoxy groups -OCH3 is 1. The largest absolute Gasteiger partial charge is 0.481 e. The molecular weight excluding hydrogens is 200 g/mol. The van der Waals surface area contributed by atoms with Crippen molar-refractivity contribution in [3.05, 3.63) is 18.2 Å². The highest BCUT2D eigenvalue weighted by Gasteiger charge is 2.05. The molecule has 0 radical (unpaired) electrons. The van der Waals surface area contributed by atoms with Gasteiger partial charge in [0.05, 0.1) is 7.11 Å². The molecule has 0 saturated heterocycles. The first-order valence-electron chi connectivity index (χ1n) is 4.63. The van der Waals surface area contributed by atoms with E-state index in [-0.39, 0.29) is 0 Å². The lowest BCUT2D eigenvalue weighted by molar-refractivity contribution is 0.398. The lowest BCUT2D eigenvalue weighted by Crippen LogP contribution is -2.25. The number of hydrogen-bond donors (Lipinski definition) is 0. The second-order valence-electron chi connectivity index (χ2n) is 2.81. The summed E-state index contributed by atoms with van der Waals surface area (Å²) in [5.41, 5.74) is 0. The van der Waals surface area contributed by atoms with Crippen molar-refractivity contribution in [1.29, 1.82) is 0 Å². The van der Waals surface area contributed by atoms with E-state index in [0.717, 1.165) is 18.9 Å². The lowest BCUT2D eigenvalue weighted by atomic mass is 10.4. The van der Waals surface area contributed by atoms with Crippen molar-refractivity contribution < 1.29 is 4.74 Å². The zero-order chi connectivity index (χ0) is 10.4. The molecule has 0 fully saturated rings. The molecule has 0 aliphatic heterocycles. The summed E-state index contributed by atoms with van der Waals surface area (Å²) >= 11 is 5.70. The van der Waals surface area contributed by atoms with Crippen LogP contribution in [-0.4, -0.2) is 31.1 Å². The van der Waals surface area contributed by atoms with E-state index in [9.17, 15) is 0 Å². The van der Waals surface area contributed by atoms with Gasteiger partial charge in [-0.1, -0.05) is 6.07 Å². The third kappa shape index (κ3) is 2.77. The first-order valence-corrected chi connectivity index (χ1v) is 5.17. The topological polar surface area (TPSA) is 25.4 Å². The minimum atomic E-state index is 0.604. The number of halogens is 1. The molecule has 14 heavy (non-hydrogen) atoms. The molecule has 1 heterocycles. The zero-order valence-electron chi connectivity index (χ0n) is 8.53. The molecule has 0 atom stereocenters. The van der Waals surface area contributed by atoms with Crippen molar-refractivity contribution in [1.82, 2.24) is 4.98 Å². The molecule has 0 aliphatic carbocycles. The molecule has 78 valence electrons. The maximum atomic E-state index is 5.70. The summed E-state index contributed by atoms with van der Waals surface area (Å²) in [6.45, 7) is 3.78. The first-order chi connectivity index (χ1) is 6.81. The highest BCUT2D eigenvalue weighted by molar-refractivity contribution is 6.18. The van der Waals surface area contributed by atoms with Crippen LogP contribution in [0.3, 0.4) is 0 Å². The number of hydrogen-bond acceptors (Lipinski definition) is 3. The highest BCUT2D eigenvalue weighted by Crippen LogP contribution is 2.15. The van der Waals surface area contributed by atoms with E-state index in [1.54, 1.807) is 7.11 Å². The zero-order valence-corrected chi connectivity index (χ0v) is 9.29. The third-order valence-corrected chi connectivity index (χ3v) is 2.15. The summed E-state index contributed by atoms with van der Waals surface area (Å²) < 4.78 is 5.06. The number of nitrogens with zero attached hydrogens (tertiary/aromatic N) is 2. The predicted octanol–water partition coefficient (Wildman–Crippen LogP) is 2.16. The summed E-state index contributed by atoms with van der Waals surface area (Å²) in [7, 11) is 1.62. The van der Waals surface area contributed by atoms with Gasteiger partial charge in [0.1, 0.15) is 5.82 Å². The first kappa shape index (κ1) is 11.1. The van der Waals surface area contributed by atoms with Gasteiger partial charge in [0.15, 0.2) is 0 Å². The fourth-order valence-corrected chi connectivity index (χ4v) is 1.43. The van der Waals surface area contributed by atoms with Crippen LogP contribution in [-0.2, 0) is 0 Å². The Bertz CT molecular complexity index is 281. The average Bonchev–Trinajstić information content (AvgIpc) is 2.26. The van der Waals surface area contributed by atoms with Crippen molar-refractivity contribution in [2.45, 2.75) is 6.92 Å². The summed E-state index contributed by atoms with van der Waals surface area (Å²) in [5.74, 6) is 2.15. The molecular formula is C10H15ClN2O. The molecule has 0 unspecified atom stereocenters. The molecule has 3 nitrogen and oxygen atoms in total. The molecule has 1 rings (SSSR count). The number of pyridine rings is 1. The number of alkyl halides is 1. The van der Waals surface area contributed by atoms with E-state index in [1.807, 2.05) is 18.2 Å². The van der Waals surface area contributed by atoms with Crippen LogP contribution in [0.1, 0.15) is 6.92 Å². The highest BCUT2D eigenvalue weighted by atomic mass is 35.5. The monoisotopic (exact) mass is 214 g/mol. The van der Waals surface area contributed by atoms with Gasteiger partial charge in [-0.15, -0.1) is 11.6 Å². The SMILES string of the molecule is CCN(CCCl)c1cccc(OC)n1. The quantitative estimate of drug-likeness (QED) is 0.703. The van der Waals surface area contributed by atoms with Gasteiger partial charge in [-0.3, -0.25) is 0 Å². The number of aromatic nitrogens is 1. The van der Waals surface area contributed by atoms with Crippen LogP contribution in [0.4, 0.5) is 5.82 Å². The molecule has 0 amide bonds. The molecule has 0 aliphatic rings. The Morgan fingerprint density at radius 2 is 2.29 bits per heavy atom. The summed E-state index contributed by atoms with van der Waals surface area (Å²) in [4.78, 5) is 6.43. The second-order valence-corrected chi connectivity index (χ2v) is 3.18. The smallest absolute Gasteiger partial charge is 0.214 e. The van der Waals surface area contributed by atoms with E-state index in [1.165, 1.54) is 0 Å². The van der Waals surface area contributed by atoms with Crippen molar-refractivity contribution >= 4 is 17.4 Å². The second kappa shape index (κ2) is 5.70. The van der Waals surface area contributed by atoms with Crippen molar-refractivity contribution in [3.63, 3.8) is 0 Å².